The van der Waals surface area contributed by atoms with Crippen molar-refractivity contribution in [2.75, 3.05) is 0 Å². The molecular weight excluding hydrogens is 262 g/mol. The van der Waals surface area contributed by atoms with Crippen molar-refractivity contribution in [1.29, 1.82) is 0 Å². The minimum Gasteiger partial charge on any atom is -0.285 e. The van der Waals surface area contributed by atoms with E-state index < -0.39 is 22.5 Å². The van der Waals surface area contributed by atoms with E-state index in [0.29, 0.717) is 11.1 Å². The van der Waals surface area contributed by atoms with Crippen LogP contribution in [0, 0.1) is 11.6 Å². The van der Waals surface area contributed by atoms with Crippen LogP contribution >= 0.6 is 0 Å². The Kier molecular flexibility index (Phi) is 2.79. The van der Waals surface area contributed by atoms with E-state index in [9.17, 15) is 18.4 Å². The Morgan fingerprint density at radius 1 is 0.550 bits per heavy atom. The van der Waals surface area contributed by atoms with Gasteiger partial charge in [0.2, 0.25) is 10.9 Å². The third-order valence-corrected chi connectivity index (χ3v) is 3.18. The van der Waals surface area contributed by atoms with E-state index in [1.54, 1.807) is 0 Å². The molecule has 2 nitrogen and oxygen atoms in total. The van der Waals surface area contributed by atoms with Gasteiger partial charge in [0.15, 0.2) is 0 Å². The molecule has 20 heavy (non-hydrogen) atoms. The van der Waals surface area contributed by atoms with Gasteiger partial charge in [-0.05, 0) is 35.4 Å². The number of hydrogen-bond donors (Lipinski definition) is 0. The smallest absolute Gasteiger partial charge is 0.234 e. The zero-order valence-corrected chi connectivity index (χ0v) is 10.2. The molecule has 0 aliphatic rings. The molecule has 4 heteroatoms. The first-order valence-corrected chi connectivity index (χ1v) is 5.93. The monoisotopic (exact) mass is 270 g/mol. The second-order valence-electron chi connectivity index (χ2n) is 4.42. The molecule has 0 saturated heterocycles. The molecule has 0 amide bonds. The van der Waals surface area contributed by atoms with Gasteiger partial charge in [-0.2, -0.15) is 0 Å². The first-order valence-electron chi connectivity index (χ1n) is 5.93. The van der Waals surface area contributed by atoms with Crippen LogP contribution in [0.5, 0.6) is 0 Å². The summed E-state index contributed by atoms with van der Waals surface area (Å²) in [5, 5.41) is 0. The standard InChI is InChI=1S/C16H8F2O2/c17-11-5-1-9(2-6-11)13-14(16(20)15(13)19)10-3-7-12(18)8-4-10/h1-8H. The topological polar surface area (TPSA) is 34.1 Å². The second kappa shape index (κ2) is 4.49. The molecule has 0 unspecified atom stereocenters. The lowest BCUT2D eigenvalue weighted by Crippen LogP contribution is -2.34. The third-order valence-electron chi connectivity index (χ3n) is 3.18. The van der Waals surface area contributed by atoms with E-state index >= 15 is 0 Å². The van der Waals surface area contributed by atoms with E-state index in [4.69, 9.17) is 0 Å². The SMILES string of the molecule is O=c1c(-c2ccc(F)cc2)c(-c2ccc(F)cc2)c1=O. The van der Waals surface area contributed by atoms with Gasteiger partial charge in [-0.15, -0.1) is 0 Å². The lowest BCUT2D eigenvalue weighted by molar-refractivity contribution is 0.627. The molecule has 3 aromatic rings. The van der Waals surface area contributed by atoms with Crippen molar-refractivity contribution in [2.24, 2.45) is 0 Å². The van der Waals surface area contributed by atoms with Crippen molar-refractivity contribution in [2.45, 2.75) is 0 Å². The molecule has 3 rings (SSSR count). The van der Waals surface area contributed by atoms with Crippen LogP contribution in [-0.4, -0.2) is 0 Å². The van der Waals surface area contributed by atoms with Gasteiger partial charge in [0, 0.05) is 11.1 Å². The van der Waals surface area contributed by atoms with Crippen molar-refractivity contribution >= 4 is 0 Å². The highest BCUT2D eigenvalue weighted by molar-refractivity contribution is 5.86. The minimum absolute atomic E-state index is 0.251. The number of halogens is 2. The summed E-state index contributed by atoms with van der Waals surface area (Å²) in [4.78, 5) is 23.4. The normalized spacial score (nSPS) is 10.9. The Hall–Kier alpha value is -2.62. The summed E-state index contributed by atoms with van der Waals surface area (Å²) in [6, 6.07) is 10.7. The van der Waals surface area contributed by atoms with Crippen LogP contribution in [0.15, 0.2) is 58.1 Å². The maximum absolute atomic E-state index is 12.9. The van der Waals surface area contributed by atoms with Crippen LogP contribution in [0.3, 0.4) is 0 Å². The van der Waals surface area contributed by atoms with Crippen molar-refractivity contribution in [1.82, 2.24) is 0 Å². The number of rotatable bonds is 2. The van der Waals surface area contributed by atoms with Crippen LogP contribution in [0.25, 0.3) is 22.3 Å². The molecule has 0 heterocycles. The molecule has 0 aliphatic heterocycles. The van der Waals surface area contributed by atoms with Crippen LogP contribution in [-0.2, 0) is 0 Å². The molecule has 0 fully saturated rings. The summed E-state index contributed by atoms with van der Waals surface area (Å²) in [6.07, 6.45) is 0. The number of hydrogen-bond acceptors (Lipinski definition) is 2. The average molecular weight is 270 g/mol. The fourth-order valence-corrected chi connectivity index (χ4v) is 2.18. The Labute approximate surface area is 112 Å². The highest BCUT2D eigenvalue weighted by Gasteiger charge is 2.23. The van der Waals surface area contributed by atoms with Crippen molar-refractivity contribution in [3.63, 3.8) is 0 Å². The summed E-state index contributed by atoms with van der Waals surface area (Å²) in [5.74, 6) is -0.841. The fraction of sp³-hybridized carbons (Fsp3) is 0. The molecule has 98 valence electrons. The van der Waals surface area contributed by atoms with Crippen LogP contribution in [0.1, 0.15) is 0 Å². The first kappa shape index (κ1) is 12.4. The lowest BCUT2D eigenvalue weighted by Gasteiger charge is -2.11. The average Bonchev–Trinajstić information content (AvgIpc) is 2.46. The molecule has 0 spiro atoms. The second-order valence-corrected chi connectivity index (χ2v) is 4.42. The molecular formula is C16H8F2O2. The molecule has 0 aromatic heterocycles. The van der Waals surface area contributed by atoms with Crippen LogP contribution in [0.4, 0.5) is 8.78 Å². The molecule has 0 bridgehead atoms. The lowest BCUT2D eigenvalue weighted by atomic mass is 9.89. The molecule has 0 radical (unpaired) electrons. The van der Waals surface area contributed by atoms with Gasteiger partial charge in [0.25, 0.3) is 0 Å². The van der Waals surface area contributed by atoms with E-state index in [1.165, 1.54) is 48.5 Å². The van der Waals surface area contributed by atoms with Crippen molar-refractivity contribution in [3.05, 3.63) is 80.6 Å². The zero-order chi connectivity index (χ0) is 14.3. The summed E-state index contributed by atoms with van der Waals surface area (Å²) >= 11 is 0. The summed E-state index contributed by atoms with van der Waals surface area (Å²) < 4.78 is 25.8. The first-order chi connectivity index (χ1) is 9.58. The zero-order valence-electron chi connectivity index (χ0n) is 10.2. The predicted molar refractivity (Wildman–Crippen MR) is 72.1 cm³/mol. The van der Waals surface area contributed by atoms with Gasteiger partial charge < -0.3 is 0 Å². The van der Waals surface area contributed by atoms with Gasteiger partial charge in [-0.25, -0.2) is 8.78 Å². The Morgan fingerprint density at radius 2 is 0.850 bits per heavy atom. The van der Waals surface area contributed by atoms with E-state index in [0.717, 1.165) is 0 Å². The molecule has 0 N–H and O–H groups in total. The summed E-state index contributed by atoms with van der Waals surface area (Å²) in [6.45, 7) is 0. The van der Waals surface area contributed by atoms with Gasteiger partial charge >= 0.3 is 0 Å². The predicted octanol–water partition coefficient (Wildman–Crippen LogP) is 2.89. The Bertz CT molecular complexity index is 767. The quantitative estimate of drug-likeness (QED) is 0.671. The highest BCUT2D eigenvalue weighted by atomic mass is 19.1. The minimum atomic E-state index is -0.601. The molecule has 0 aliphatic carbocycles. The summed E-state index contributed by atoms with van der Waals surface area (Å²) in [7, 11) is 0. The maximum Gasteiger partial charge on any atom is 0.234 e. The van der Waals surface area contributed by atoms with Crippen LogP contribution < -0.4 is 10.9 Å². The van der Waals surface area contributed by atoms with Crippen LogP contribution in [0.2, 0.25) is 0 Å². The number of benzene rings is 2. The fourth-order valence-electron chi connectivity index (χ4n) is 2.18. The third kappa shape index (κ3) is 1.86. The largest absolute Gasteiger partial charge is 0.285 e. The molecule has 0 atom stereocenters. The van der Waals surface area contributed by atoms with Gasteiger partial charge in [0.1, 0.15) is 11.6 Å². The van der Waals surface area contributed by atoms with E-state index in [-0.39, 0.29) is 11.1 Å². The Morgan fingerprint density at radius 3 is 1.15 bits per heavy atom. The molecule has 0 saturated carbocycles. The van der Waals surface area contributed by atoms with Gasteiger partial charge in [-0.3, -0.25) is 9.59 Å². The maximum atomic E-state index is 12.9. The molecule has 3 aromatic carbocycles. The van der Waals surface area contributed by atoms with Crippen molar-refractivity contribution < 1.29 is 8.78 Å². The summed E-state index contributed by atoms with van der Waals surface area (Å²) in [5.41, 5.74) is 0.265. The van der Waals surface area contributed by atoms with E-state index in [1.807, 2.05) is 0 Å². The van der Waals surface area contributed by atoms with Gasteiger partial charge in [0.05, 0.1) is 0 Å². The van der Waals surface area contributed by atoms with Crippen molar-refractivity contribution in [3.8, 4) is 22.3 Å². The van der Waals surface area contributed by atoms with E-state index in [2.05, 4.69) is 0 Å². The highest BCUT2D eigenvalue weighted by Crippen LogP contribution is 2.28. The van der Waals surface area contributed by atoms with Gasteiger partial charge in [-0.1, -0.05) is 24.3 Å². The Balaban J connectivity index is 2.17.